The van der Waals surface area contributed by atoms with Gasteiger partial charge in [0.25, 0.3) is 0 Å². The van der Waals surface area contributed by atoms with E-state index in [1.807, 2.05) is 12.2 Å². The molecule has 40 valence electrons. The fourth-order valence-corrected chi connectivity index (χ4v) is 0.571. The van der Waals surface area contributed by atoms with Gasteiger partial charge in [0.15, 0.2) is 0 Å². The molecule has 0 heteroatoms. The molecular weight excluding hydrogens is 96.1 g/mol. The van der Waals surface area contributed by atoms with Crippen LogP contribution in [0.3, 0.4) is 0 Å². The van der Waals surface area contributed by atoms with Crippen LogP contribution < -0.4 is 0 Å². The SMILES string of the molecule is CC1=CCC#CC=C1. The van der Waals surface area contributed by atoms with Gasteiger partial charge >= 0.3 is 0 Å². The maximum atomic E-state index is 2.96. The molecule has 0 atom stereocenters. The van der Waals surface area contributed by atoms with Crippen molar-refractivity contribution in [1.82, 2.24) is 0 Å². The monoisotopic (exact) mass is 104 g/mol. The Labute approximate surface area is 49.9 Å². The van der Waals surface area contributed by atoms with E-state index in [1.165, 1.54) is 5.57 Å². The van der Waals surface area contributed by atoms with E-state index in [9.17, 15) is 0 Å². The second-order valence-electron chi connectivity index (χ2n) is 1.81. The average Bonchev–Trinajstić information content (AvgIpc) is 1.94. The van der Waals surface area contributed by atoms with E-state index >= 15 is 0 Å². The predicted molar refractivity (Wildman–Crippen MR) is 35.3 cm³/mol. The van der Waals surface area contributed by atoms with Crippen molar-refractivity contribution in [1.29, 1.82) is 0 Å². The predicted octanol–water partition coefficient (Wildman–Crippen LogP) is 1.90. The zero-order chi connectivity index (χ0) is 5.82. The largest absolute Gasteiger partial charge is 0.0943 e. The maximum Gasteiger partial charge on any atom is 0.0278 e. The summed E-state index contributed by atoms with van der Waals surface area (Å²) in [6, 6.07) is 0. The first-order valence-corrected chi connectivity index (χ1v) is 2.71. The van der Waals surface area contributed by atoms with Crippen molar-refractivity contribution in [3.8, 4) is 11.8 Å². The van der Waals surface area contributed by atoms with Crippen LogP contribution >= 0.6 is 0 Å². The van der Waals surface area contributed by atoms with Crippen LogP contribution in [0, 0.1) is 11.8 Å². The third kappa shape index (κ3) is 1.27. The molecule has 0 bridgehead atoms. The highest BCUT2D eigenvalue weighted by Crippen LogP contribution is 1.98. The van der Waals surface area contributed by atoms with Crippen LogP contribution in [0.25, 0.3) is 0 Å². The van der Waals surface area contributed by atoms with E-state index < -0.39 is 0 Å². The zero-order valence-corrected chi connectivity index (χ0v) is 4.94. The van der Waals surface area contributed by atoms with Gasteiger partial charge in [-0.25, -0.2) is 0 Å². The van der Waals surface area contributed by atoms with E-state index in [2.05, 4.69) is 24.8 Å². The van der Waals surface area contributed by atoms with Gasteiger partial charge in [0.1, 0.15) is 0 Å². The highest BCUT2D eigenvalue weighted by molar-refractivity contribution is 5.29. The molecular formula is C8H8. The summed E-state index contributed by atoms with van der Waals surface area (Å²) in [5, 5.41) is 0. The Bertz CT molecular complexity index is 184. The number of hydrogen-bond acceptors (Lipinski definition) is 0. The van der Waals surface area contributed by atoms with E-state index in [-0.39, 0.29) is 0 Å². The van der Waals surface area contributed by atoms with E-state index in [4.69, 9.17) is 0 Å². The van der Waals surface area contributed by atoms with E-state index in [1.54, 1.807) is 0 Å². The molecule has 1 aliphatic rings. The maximum absolute atomic E-state index is 2.96. The molecule has 0 nitrogen and oxygen atoms in total. The molecule has 0 aromatic rings. The van der Waals surface area contributed by atoms with Gasteiger partial charge in [-0.2, -0.15) is 0 Å². The summed E-state index contributed by atoms with van der Waals surface area (Å²) >= 11 is 0. The summed E-state index contributed by atoms with van der Waals surface area (Å²) < 4.78 is 0. The normalized spacial score (nSPS) is 15.9. The van der Waals surface area contributed by atoms with Gasteiger partial charge in [0.2, 0.25) is 0 Å². The van der Waals surface area contributed by atoms with Crippen molar-refractivity contribution in [3.63, 3.8) is 0 Å². The standard InChI is InChI=1S/C8H8/c1-8-6-4-2-3-5-7-8/h4,6-7H,5H2,1H3. The van der Waals surface area contributed by atoms with Crippen LogP contribution in [-0.2, 0) is 0 Å². The minimum Gasteiger partial charge on any atom is -0.0943 e. The quantitative estimate of drug-likeness (QED) is 0.412. The van der Waals surface area contributed by atoms with Crippen LogP contribution in [-0.4, -0.2) is 0 Å². The molecule has 0 heterocycles. The van der Waals surface area contributed by atoms with Gasteiger partial charge in [-0.1, -0.05) is 29.6 Å². The molecule has 0 saturated heterocycles. The summed E-state index contributed by atoms with van der Waals surface area (Å²) in [6.07, 6.45) is 6.94. The molecule has 0 aromatic carbocycles. The number of allylic oxidation sites excluding steroid dienone is 4. The lowest BCUT2D eigenvalue weighted by atomic mass is 10.2. The minimum absolute atomic E-state index is 0.902. The summed E-state index contributed by atoms with van der Waals surface area (Å²) in [6.45, 7) is 2.07. The van der Waals surface area contributed by atoms with Gasteiger partial charge in [0.05, 0.1) is 0 Å². The van der Waals surface area contributed by atoms with Gasteiger partial charge in [-0.05, 0) is 13.0 Å². The third-order valence-corrected chi connectivity index (χ3v) is 1.06. The summed E-state index contributed by atoms with van der Waals surface area (Å²) in [5.41, 5.74) is 1.29. The Morgan fingerprint density at radius 1 is 1.62 bits per heavy atom. The van der Waals surface area contributed by atoms with E-state index in [0.717, 1.165) is 6.42 Å². The third-order valence-electron chi connectivity index (χ3n) is 1.06. The van der Waals surface area contributed by atoms with Gasteiger partial charge in [-0.15, -0.1) is 0 Å². The Balaban J connectivity index is 2.75. The summed E-state index contributed by atoms with van der Waals surface area (Å²) in [7, 11) is 0. The lowest BCUT2D eigenvalue weighted by Gasteiger charge is -1.82. The van der Waals surface area contributed by atoms with Crippen LogP contribution in [0.2, 0.25) is 0 Å². The second kappa shape index (κ2) is 2.37. The molecule has 1 aliphatic carbocycles. The van der Waals surface area contributed by atoms with Crippen molar-refractivity contribution in [2.24, 2.45) is 0 Å². The molecule has 0 N–H and O–H groups in total. The Hall–Kier alpha value is -0.960. The lowest BCUT2D eigenvalue weighted by molar-refractivity contribution is 1.39. The minimum atomic E-state index is 0.902. The molecule has 0 aliphatic heterocycles. The Morgan fingerprint density at radius 3 is 3.38 bits per heavy atom. The number of rotatable bonds is 0. The van der Waals surface area contributed by atoms with Crippen LogP contribution in [0.15, 0.2) is 23.8 Å². The topological polar surface area (TPSA) is 0 Å². The highest BCUT2D eigenvalue weighted by Gasteiger charge is 1.80. The van der Waals surface area contributed by atoms with Gasteiger partial charge in [0, 0.05) is 6.42 Å². The first-order valence-electron chi connectivity index (χ1n) is 2.71. The highest BCUT2D eigenvalue weighted by atomic mass is 13.9. The van der Waals surface area contributed by atoms with Gasteiger partial charge in [-0.3, -0.25) is 0 Å². The van der Waals surface area contributed by atoms with Crippen molar-refractivity contribution >= 4 is 0 Å². The molecule has 0 amide bonds. The number of hydrogen-bond donors (Lipinski definition) is 0. The molecule has 0 spiro atoms. The van der Waals surface area contributed by atoms with Crippen LogP contribution in [0.5, 0.6) is 0 Å². The summed E-state index contributed by atoms with van der Waals surface area (Å²) in [4.78, 5) is 0. The molecule has 8 heavy (non-hydrogen) atoms. The van der Waals surface area contributed by atoms with E-state index in [0.29, 0.717) is 0 Å². The first kappa shape index (κ1) is 5.18. The molecule has 0 saturated carbocycles. The Kier molecular flexibility index (Phi) is 1.54. The molecule has 0 unspecified atom stereocenters. The lowest BCUT2D eigenvalue weighted by Crippen LogP contribution is -1.62. The van der Waals surface area contributed by atoms with Crippen molar-refractivity contribution in [3.05, 3.63) is 23.8 Å². The fourth-order valence-electron chi connectivity index (χ4n) is 0.571. The van der Waals surface area contributed by atoms with Crippen LogP contribution in [0.1, 0.15) is 13.3 Å². The van der Waals surface area contributed by atoms with Gasteiger partial charge < -0.3 is 0 Å². The van der Waals surface area contributed by atoms with Crippen molar-refractivity contribution < 1.29 is 0 Å². The molecule has 0 radical (unpaired) electrons. The summed E-state index contributed by atoms with van der Waals surface area (Å²) in [5.74, 6) is 5.86. The van der Waals surface area contributed by atoms with Crippen molar-refractivity contribution in [2.45, 2.75) is 13.3 Å². The zero-order valence-electron chi connectivity index (χ0n) is 4.94. The molecule has 0 fully saturated rings. The second-order valence-corrected chi connectivity index (χ2v) is 1.81. The average molecular weight is 104 g/mol. The fraction of sp³-hybridized carbons (Fsp3) is 0.250. The van der Waals surface area contributed by atoms with Crippen LogP contribution in [0.4, 0.5) is 0 Å². The molecule has 0 aromatic heterocycles. The molecule has 1 rings (SSSR count). The first-order chi connectivity index (χ1) is 3.89. The van der Waals surface area contributed by atoms with Crippen molar-refractivity contribution in [2.75, 3.05) is 0 Å². The Morgan fingerprint density at radius 2 is 2.50 bits per heavy atom. The smallest absolute Gasteiger partial charge is 0.0278 e.